The Morgan fingerprint density at radius 1 is 1.38 bits per heavy atom. The fraction of sp³-hybridized carbons (Fsp3) is 0.438. The lowest BCUT2D eigenvalue weighted by molar-refractivity contribution is -0.136. The SMILES string of the molecule is Cc1[nH]c2c(N3CCOCC3)cccc2c1CCC(=O)O. The maximum atomic E-state index is 10.8. The number of hydrogen-bond donors (Lipinski definition) is 2. The molecular weight excluding hydrogens is 268 g/mol. The van der Waals surface area contributed by atoms with E-state index >= 15 is 0 Å². The van der Waals surface area contributed by atoms with E-state index in [1.54, 1.807) is 0 Å². The van der Waals surface area contributed by atoms with Crippen LogP contribution >= 0.6 is 0 Å². The maximum Gasteiger partial charge on any atom is 0.303 e. The van der Waals surface area contributed by atoms with Crippen molar-refractivity contribution in [3.05, 3.63) is 29.5 Å². The Labute approximate surface area is 123 Å². The van der Waals surface area contributed by atoms with Gasteiger partial charge in [-0.25, -0.2) is 0 Å². The summed E-state index contributed by atoms with van der Waals surface area (Å²) in [6.45, 7) is 5.30. The molecule has 5 heteroatoms. The molecule has 21 heavy (non-hydrogen) atoms. The average molecular weight is 288 g/mol. The average Bonchev–Trinajstić information content (AvgIpc) is 2.81. The lowest BCUT2D eigenvalue weighted by atomic mass is 10.0. The first kappa shape index (κ1) is 13.9. The number of aliphatic carboxylic acids is 1. The van der Waals surface area contributed by atoms with Crippen LogP contribution in [0.15, 0.2) is 18.2 Å². The summed E-state index contributed by atoms with van der Waals surface area (Å²) in [6, 6.07) is 6.23. The first-order valence-electron chi connectivity index (χ1n) is 7.31. The van der Waals surface area contributed by atoms with Crippen molar-refractivity contribution < 1.29 is 14.6 Å². The predicted molar refractivity (Wildman–Crippen MR) is 82.0 cm³/mol. The van der Waals surface area contributed by atoms with Gasteiger partial charge in [0.25, 0.3) is 0 Å². The van der Waals surface area contributed by atoms with E-state index in [0.29, 0.717) is 6.42 Å². The van der Waals surface area contributed by atoms with Crippen LogP contribution in [0.2, 0.25) is 0 Å². The number of carboxylic acid groups (broad SMARTS) is 1. The zero-order valence-corrected chi connectivity index (χ0v) is 12.2. The number of rotatable bonds is 4. The molecular formula is C16H20N2O3. The highest BCUT2D eigenvalue weighted by Gasteiger charge is 2.17. The number of morpholine rings is 1. The Hall–Kier alpha value is -2.01. The summed E-state index contributed by atoms with van der Waals surface area (Å²) in [4.78, 5) is 16.6. The van der Waals surface area contributed by atoms with Gasteiger partial charge in [0.1, 0.15) is 0 Å². The number of aromatic amines is 1. The molecule has 5 nitrogen and oxygen atoms in total. The maximum absolute atomic E-state index is 10.8. The van der Waals surface area contributed by atoms with E-state index in [9.17, 15) is 4.79 Å². The number of hydrogen-bond acceptors (Lipinski definition) is 3. The number of para-hydroxylation sites is 1. The van der Waals surface area contributed by atoms with Gasteiger partial charge in [-0.2, -0.15) is 0 Å². The number of ether oxygens (including phenoxy) is 1. The monoisotopic (exact) mass is 288 g/mol. The topological polar surface area (TPSA) is 65.6 Å². The number of nitrogens with one attached hydrogen (secondary N) is 1. The summed E-state index contributed by atoms with van der Waals surface area (Å²) in [5, 5.41) is 10.0. The number of aromatic nitrogens is 1. The Morgan fingerprint density at radius 3 is 2.86 bits per heavy atom. The minimum Gasteiger partial charge on any atom is -0.481 e. The van der Waals surface area contributed by atoms with E-state index in [2.05, 4.69) is 22.0 Å². The molecule has 1 aliphatic rings. The highest BCUT2D eigenvalue weighted by atomic mass is 16.5. The van der Waals surface area contributed by atoms with Gasteiger partial charge in [-0.3, -0.25) is 4.79 Å². The van der Waals surface area contributed by atoms with E-state index < -0.39 is 5.97 Å². The number of anilines is 1. The third kappa shape index (κ3) is 2.74. The second-order valence-electron chi connectivity index (χ2n) is 5.42. The molecule has 3 rings (SSSR count). The van der Waals surface area contributed by atoms with Crippen LogP contribution in [0.25, 0.3) is 10.9 Å². The van der Waals surface area contributed by atoms with Gasteiger partial charge < -0.3 is 19.7 Å². The fourth-order valence-electron chi connectivity index (χ4n) is 3.01. The number of benzene rings is 1. The third-order valence-electron chi connectivity index (χ3n) is 4.07. The van der Waals surface area contributed by atoms with Crippen LogP contribution in [0.1, 0.15) is 17.7 Å². The molecule has 112 valence electrons. The van der Waals surface area contributed by atoms with Crippen LogP contribution < -0.4 is 4.90 Å². The zero-order valence-electron chi connectivity index (χ0n) is 12.2. The summed E-state index contributed by atoms with van der Waals surface area (Å²) in [7, 11) is 0. The molecule has 0 spiro atoms. The Morgan fingerprint density at radius 2 is 2.14 bits per heavy atom. The third-order valence-corrected chi connectivity index (χ3v) is 4.07. The number of fused-ring (bicyclic) bond motifs is 1. The normalized spacial score (nSPS) is 15.6. The van der Waals surface area contributed by atoms with Crippen molar-refractivity contribution in [3.63, 3.8) is 0 Å². The van der Waals surface area contributed by atoms with Gasteiger partial charge in [-0.1, -0.05) is 12.1 Å². The van der Waals surface area contributed by atoms with Gasteiger partial charge in [0.05, 0.1) is 24.4 Å². The lowest BCUT2D eigenvalue weighted by Crippen LogP contribution is -2.36. The number of carbonyl (C=O) groups is 1. The molecule has 1 aromatic heterocycles. The highest BCUT2D eigenvalue weighted by Crippen LogP contribution is 2.31. The Balaban J connectivity index is 1.99. The number of H-pyrrole nitrogens is 1. The van der Waals surface area contributed by atoms with Crippen LogP contribution in [-0.4, -0.2) is 42.4 Å². The molecule has 2 N–H and O–H groups in total. The molecule has 0 amide bonds. The minimum absolute atomic E-state index is 0.162. The van der Waals surface area contributed by atoms with Crippen LogP contribution in [0.3, 0.4) is 0 Å². The number of aryl methyl sites for hydroxylation is 2. The Bertz CT molecular complexity index is 657. The first-order valence-corrected chi connectivity index (χ1v) is 7.31. The van der Waals surface area contributed by atoms with Crippen molar-refractivity contribution in [3.8, 4) is 0 Å². The fourth-order valence-corrected chi connectivity index (χ4v) is 3.01. The molecule has 0 radical (unpaired) electrons. The van der Waals surface area contributed by atoms with E-state index in [0.717, 1.165) is 48.5 Å². The standard InChI is InChI=1S/C16H20N2O3/c1-11-12(5-6-15(19)20)13-3-2-4-14(16(13)17-11)18-7-9-21-10-8-18/h2-4,17H,5-10H2,1H3,(H,19,20). The van der Waals surface area contributed by atoms with E-state index in [1.165, 1.54) is 5.69 Å². The highest BCUT2D eigenvalue weighted by molar-refractivity contribution is 5.95. The second-order valence-corrected chi connectivity index (χ2v) is 5.42. The van der Waals surface area contributed by atoms with Crippen molar-refractivity contribution in [1.82, 2.24) is 4.98 Å². The molecule has 0 bridgehead atoms. The molecule has 2 aromatic rings. The molecule has 1 aromatic carbocycles. The summed E-state index contributed by atoms with van der Waals surface area (Å²) in [6.07, 6.45) is 0.726. The van der Waals surface area contributed by atoms with Crippen LogP contribution in [0.5, 0.6) is 0 Å². The lowest BCUT2D eigenvalue weighted by Gasteiger charge is -2.29. The predicted octanol–water partition coefficient (Wildman–Crippen LogP) is 2.33. The van der Waals surface area contributed by atoms with Crippen molar-refractivity contribution in [2.75, 3.05) is 31.2 Å². The van der Waals surface area contributed by atoms with Gasteiger partial charge in [0, 0.05) is 30.6 Å². The smallest absolute Gasteiger partial charge is 0.303 e. The van der Waals surface area contributed by atoms with E-state index in [1.807, 2.05) is 13.0 Å². The van der Waals surface area contributed by atoms with Crippen LogP contribution in [-0.2, 0) is 16.0 Å². The minimum atomic E-state index is -0.756. The van der Waals surface area contributed by atoms with Crippen molar-refractivity contribution in [2.45, 2.75) is 19.8 Å². The van der Waals surface area contributed by atoms with Gasteiger partial charge in [-0.15, -0.1) is 0 Å². The van der Waals surface area contributed by atoms with Crippen LogP contribution in [0.4, 0.5) is 5.69 Å². The molecule has 0 aliphatic carbocycles. The summed E-state index contributed by atoms with van der Waals surface area (Å²) < 4.78 is 5.41. The van der Waals surface area contributed by atoms with Crippen molar-refractivity contribution >= 4 is 22.6 Å². The molecule has 1 fully saturated rings. The molecule has 2 heterocycles. The molecule has 0 unspecified atom stereocenters. The second kappa shape index (κ2) is 5.77. The first-order chi connectivity index (χ1) is 10.2. The largest absolute Gasteiger partial charge is 0.481 e. The van der Waals surface area contributed by atoms with Gasteiger partial charge in [0.2, 0.25) is 0 Å². The Kier molecular flexibility index (Phi) is 3.84. The molecule has 1 aliphatic heterocycles. The number of nitrogens with zero attached hydrogens (tertiary/aromatic N) is 1. The summed E-state index contributed by atoms with van der Waals surface area (Å²) in [5.41, 5.74) is 4.47. The van der Waals surface area contributed by atoms with Crippen molar-refractivity contribution in [1.29, 1.82) is 0 Å². The van der Waals surface area contributed by atoms with Crippen molar-refractivity contribution in [2.24, 2.45) is 0 Å². The van der Waals surface area contributed by atoms with Gasteiger partial charge in [0.15, 0.2) is 0 Å². The summed E-state index contributed by atoms with van der Waals surface area (Å²) in [5.74, 6) is -0.756. The van der Waals surface area contributed by atoms with Gasteiger partial charge in [-0.05, 0) is 25.0 Å². The van der Waals surface area contributed by atoms with E-state index in [4.69, 9.17) is 9.84 Å². The van der Waals surface area contributed by atoms with Crippen LogP contribution in [0, 0.1) is 6.92 Å². The van der Waals surface area contributed by atoms with E-state index in [-0.39, 0.29) is 6.42 Å². The molecule has 0 atom stereocenters. The molecule has 0 saturated carbocycles. The molecule has 1 saturated heterocycles. The quantitative estimate of drug-likeness (QED) is 0.906. The summed E-state index contributed by atoms with van der Waals surface area (Å²) >= 11 is 0. The number of carboxylic acids is 1. The van der Waals surface area contributed by atoms with Gasteiger partial charge >= 0.3 is 5.97 Å². The zero-order chi connectivity index (χ0) is 14.8.